The molecule has 0 aromatic heterocycles. The summed E-state index contributed by atoms with van der Waals surface area (Å²) in [5.41, 5.74) is 8.12. The van der Waals surface area contributed by atoms with Crippen LogP contribution in [0.3, 0.4) is 0 Å². The summed E-state index contributed by atoms with van der Waals surface area (Å²) in [6, 6.07) is 8.12. The summed E-state index contributed by atoms with van der Waals surface area (Å²) in [7, 11) is 0. The van der Waals surface area contributed by atoms with Crippen molar-refractivity contribution >= 4 is 17.3 Å². The molecule has 0 spiro atoms. The smallest absolute Gasteiger partial charge is 0.0451 e. The molecule has 0 aliphatic heterocycles. The fourth-order valence-electron chi connectivity index (χ4n) is 2.27. The van der Waals surface area contributed by atoms with Gasteiger partial charge in [-0.1, -0.05) is 25.1 Å². The van der Waals surface area contributed by atoms with Crippen LogP contribution in [0.2, 0.25) is 0 Å². The summed E-state index contributed by atoms with van der Waals surface area (Å²) < 4.78 is 0. The van der Waals surface area contributed by atoms with E-state index in [1.165, 1.54) is 5.56 Å². The Labute approximate surface area is 96.6 Å². The maximum atomic E-state index is 6.25. The Hall–Kier alpha value is -0.690. The minimum Gasteiger partial charge on any atom is -0.398 e. The molecule has 15 heavy (non-hydrogen) atoms. The monoisotopic (exact) mass is 223 g/mol. The van der Waals surface area contributed by atoms with Crippen LogP contribution < -0.4 is 5.73 Å². The van der Waals surface area contributed by atoms with Gasteiger partial charge in [0, 0.05) is 10.6 Å². The molecule has 1 saturated carbocycles. The van der Waals surface area contributed by atoms with Gasteiger partial charge in [-0.15, -0.1) is 11.6 Å². The number of alkyl halides is 1. The normalized spacial score (nSPS) is 31.3. The molecule has 0 radical (unpaired) electrons. The van der Waals surface area contributed by atoms with Gasteiger partial charge >= 0.3 is 0 Å². The van der Waals surface area contributed by atoms with Crippen molar-refractivity contribution in [2.75, 3.05) is 5.73 Å². The predicted molar refractivity (Wildman–Crippen MR) is 66.3 cm³/mol. The van der Waals surface area contributed by atoms with Crippen molar-refractivity contribution in [3.63, 3.8) is 0 Å². The molecule has 2 rings (SSSR count). The zero-order valence-corrected chi connectivity index (χ0v) is 10.1. The molecule has 82 valence electrons. The summed E-state index contributed by atoms with van der Waals surface area (Å²) in [6.45, 7) is 4.36. The lowest BCUT2D eigenvalue weighted by molar-refractivity contribution is 0.599. The van der Waals surface area contributed by atoms with E-state index >= 15 is 0 Å². The predicted octanol–water partition coefficient (Wildman–Crippen LogP) is 3.78. The van der Waals surface area contributed by atoms with E-state index in [9.17, 15) is 0 Å². The largest absolute Gasteiger partial charge is 0.398 e. The summed E-state index contributed by atoms with van der Waals surface area (Å²) in [6.07, 6.45) is 2.29. The Morgan fingerprint density at radius 1 is 1.53 bits per heavy atom. The lowest BCUT2D eigenvalue weighted by Crippen LogP contribution is -2.03. The van der Waals surface area contributed by atoms with Crippen LogP contribution in [0.4, 0.5) is 5.69 Å². The molecule has 0 saturated heterocycles. The highest BCUT2D eigenvalue weighted by molar-refractivity contribution is 6.25. The highest BCUT2D eigenvalue weighted by atomic mass is 35.5. The second-order valence-corrected chi connectivity index (χ2v) is 5.81. The molecule has 3 atom stereocenters. The lowest BCUT2D eigenvalue weighted by atomic mass is 9.93. The van der Waals surface area contributed by atoms with Crippen molar-refractivity contribution in [1.29, 1.82) is 0 Å². The third-order valence-corrected chi connectivity index (χ3v) is 3.96. The average Bonchev–Trinajstić information content (AvgIpc) is 2.74. The van der Waals surface area contributed by atoms with Gasteiger partial charge < -0.3 is 5.73 Å². The highest BCUT2D eigenvalue weighted by Crippen LogP contribution is 2.53. The first-order chi connectivity index (χ1) is 7.00. The minimum absolute atomic E-state index is 0.0534. The molecular formula is C13H18ClN. The van der Waals surface area contributed by atoms with Gasteiger partial charge in [0.15, 0.2) is 0 Å². The summed E-state index contributed by atoms with van der Waals surface area (Å²) in [4.78, 5) is 0.0534. The van der Waals surface area contributed by atoms with Crippen molar-refractivity contribution in [2.24, 2.45) is 5.92 Å². The highest BCUT2D eigenvalue weighted by Gasteiger charge is 2.48. The van der Waals surface area contributed by atoms with Crippen LogP contribution in [-0.2, 0) is 0 Å². The topological polar surface area (TPSA) is 26.0 Å². The summed E-state index contributed by atoms with van der Waals surface area (Å²) in [5, 5.41) is 0. The second kappa shape index (κ2) is 3.71. The Morgan fingerprint density at radius 3 is 2.67 bits per heavy atom. The molecule has 1 aromatic rings. The van der Waals surface area contributed by atoms with Gasteiger partial charge in [-0.05, 0) is 43.2 Å². The Balaban J connectivity index is 2.03. The molecular weight excluding hydrogens is 206 g/mol. The molecule has 1 nitrogen and oxygen atoms in total. The SMILES string of the molecule is CC(CC1CC1(C)Cl)c1ccccc1N. The van der Waals surface area contributed by atoms with Crippen molar-refractivity contribution in [2.45, 2.75) is 37.5 Å². The quantitative estimate of drug-likeness (QED) is 0.613. The van der Waals surface area contributed by atoms with E-state index in [0.717, 1.165) is 18.5 Å². The van der Waals surface area contributed by atoms with E-state index in [1.807, 2.05) is 12.1 Å². The molecule has 0 bridgehead atoms. The Kier molecular flexibility index (Phi) is 2.68. The fraction of sp³-hybridized carbons (Fsp3) is 0.538. The molecule has 1 aliphatic carbocycles. The van der Waals surface area contributed by atoms with Crippen molar-refractivity contribution in [3.05, 3.63) is 29.8 Å². The number of anilines is 1. The molecule has 1 aromatic carbocycles. The van der Waals surface area contributed by atoms with Gasteiger partial charge in [0.1, 0.15) is 0 Å². The number of rotatable bonds is 3. The van der Waals surface area contributed by atoms with Gasteiger partial charge in [0.2, 0.25) is 0 Å². The van der Waals surface area contributed by atoms with Crippen molar-refractivity contribution in [1.82, 2.24) is 0 Å². The summed E-state index contributed by atoms with van der Waals surface area (Å²) >= 11 is 6.25. The van der Waals surface area contributed by atoms with Crippen LogP contribution in [0.1, 0.15) is 38.2 Å². The van der Waals surface area contributed by atoms with E-state index < -0.39 is 0 Å². The van der Waals surface area contributed by atoms with Gasteiger partial charge in [-0.2, -0.15) is 0 Å². The third-order valence-electron chi connectivity index (χ3n) is 3.50. The van der Waals surface area contributed by atoms with E-state index in [0.29, 0.717) is 11.8 Å². The van der Waals surface area contributed by atoms with Crippen LogP contribution in [0.25, 0.3) is 0 Å². The van der Waals surface area contributed by atoms with Crippen LogP contribution in [0, 0.1) is 5.92 Å². The Morgan fingerprint density at radius 2 is 2.13 bits per heavy atom. The van der Waals surface area contributed by atoms with Gasteiger partial charge in [-0.3, -0.25) is 0 Å². The fourth-order valence-corrected chi connectivity index (χ4v) is 2.54. The maximum absolute atomic E-state index is 6.25. The Bertz CT molecular complexity index is 359. The zero-order chi connectivity index (χ0) is 11.1. The molecule has 2 N–H and O–H groups in total. The minimum atomic E-state index is 0.0534. The van der Waals surface area contributed by atoms with Gasteiger partial charge in [0.05, 0.1) is 0 Å². The van der Waals surface area contributed by atoms with Crippen molar-refractivity contribution in [3.8, 4) is 0 Å². The number of hydrogen-bond donors (Lipinski definition) is 1. The molecule has 1 fully saturated rings. The molecule has 1 aliphatic rings. The van der Waals surface area contributed by atoms with Crippen molar-refractivity contribution < 1.29 is 0 Å². The number of halogens is 1. The van der Waals surface area contributed by atoms with Crippen LogP contribution >= 0.6 is 11.6 Å². The lowest BCUT2D eigenvalue weighted by Gasteiger charge is -2.14. The van der Waals surface area contributed by atoms with E-state index in [-0.39, 0.29) is 4.87 Å². The number of nitrogens with two attached hydrogens (primary N) is 1. The van der Waals surface area contributed by atoms with Gasteiger partial charge in [0.25, 0.3) is 0 Å². The summed E-state index contributed by atoms with van der Waals surface area (Å²) in [5.74, 6) is 1.17. The van der Waals surface area contributed by atoms with Crippen LogP contribution in [-0.4, -0.2) is 4.87 Å². The van der Waals surface area contributed by atoms with E-state index in [4.69, 9.17) is 17.3 Å². The average molecular weight is 224 g/mol. The third kappa shape index (κ3) is 2.28. The standard InChI is InChI=1S/C13H18ClN/c1-9(7-10-8-13(10,2)14)11-5-3-4-6-12(11)15/h3-6,9-10H,7-8,15H2,1-2H3. The first-order valence-electron chi connectivity index (χ1n) is 5.54. The number of nitrogen functional groups attached to an aromatic ring is 1. The van der Waals surface area contributed by atoms with E-state index in [2.05, 4.69) is 26.0 Å². The number of benzene rings is 1. The number of para-hydroxylation sites is 1. The molecule has 3 unspecified atom stereocenters. The zero-order valence-electron chi connectivity index (χ0n) is 9.33. The molecule has 2 heteroatoms. The first kappa shape index (κ1) is 10.8. The molecule has 0 heterocycles. The maximum Gasteiger partial charge on any atom is 0.0451 e. The van der Waals surface area contributed by atoms with Crippen LogP contribution in [0.15, 0.2) is 24.3 Å². The first-order valence-corrected chi connectivity index (χ1v) is 5.92. The number of hydrogen-bond acceptors (Lipinski definition) is 1. The van der Waals surface area contributed by atoms with E-state index in [1.54, 1.807) is 0 Å². The molecule has 0 amide bonds. The van der Waals surface area contributed by atoms with Gasteiger partial charge in [-0.25, -0.2) is 0 Å². The second-order valence-electron chi connectivity index (χ2n) is 4.94. The van der Waals surface area contributed by atoms with Crippen LogP contribution in [0.5, 0.6) is 0 Å².